The molecular formula is C16H26N6S. The number of hydrogen-bond acceptors (Lipinski definition) is 4. The molecule has 2 N–H and O–H groups in total. The molecule has 0 unspecified atom stereocenters. The lowest BCUT2D eigenvalue weighted by Gasteiger charge is -2.10. The van der Waals surface area contributed by atoms with Crippen LogP contribution in [0.4, 0.5) is 0 Å². The van der Waals surface area contributed by atoms with E-state index < -0.39 is 0 Å². The van der Waals surface area contributed by atoms with Gasteiger partial charge in [0.1, 0.15) is 5.01 Å². The van der Waals surface area contributed by atoms with Gasteiger partial charge in [-0.3, -0.25) is 4.68 Å². The van der Waals surface area contributed by atoms with E-state index in [0.29, 0.717) is 12.5 Å². The highest BCUT2D eigenvalue weighted by molar-refractivity contribution is 7.09. The molecule has 0 amide bonds. The number of rotatable bonds is 7. The van der Waals surface area contributed by atoms with Crippen LogP contribution in [0.1, 0.15) is 43.0 Å². The molecule has 2 heterocycles. The van der Waals surface area contributed by atoms with Gasteiger partial charge in [-0.1, -0.05) is 13.8 Å². The molecule has 0 aliphatic carbocycles. The van der Waals surface area contributed by atoms with Crippen LogP contribution in [0.15, 0.2) is 22.8 Å². The van der Waals surface area contributed by atoms with Crippen molar-refractivity contribution in [2.45, 2.75) is 39.7 Å². The zero-order valence-electron chi connectivity index (χ0n) is 14.3. The molecule has 0 aliphatic heterocycles. The molecule has 0 atom stereocenters. The van der Waals surface area contributed by atoms with E-state index in [1.54, 1.807) is 11.3 Å². The van der Waals surface area contributed by atoms with Crippen molar-refractivity contribution in [3.8, 4) is 0 Å². The maximum Gasteiger partial charge on any atom is 0.191 e. The summed E-state index contributed by atoms with van der Waals surface area (Å²) >= 11 is 1.68. The third kappa shape index (κ3) is 5.67. The molecule has 0 aromatic carbocycles. The minimum atomic E-state index is 0.467. The van der Waals surface area contributed by atoms with E-state index in [0.717, 1.165) is 36.2 Å². The van der Waals surface area contributed by atoms with Crippen molar-refractivity contribution in [1.29, 1.82) is 0 Å². The monoisotopic (exact) mass is 334 g/mol. The molecule has 0 spiro atoms. The Morgan fingerprint density at radius 1 is 1.39 bits per heavy atom. The van der Waals surface area contributed by atoms with Crippen LogP contribution in [0.5, 0.6) is 0 Å². The summed E-state index contributed by atoms with van der Waals surface area (Å²) < 4.78 is 1.82. The number of nitrogens with zero attached hydrogens (tertiary/aromatic N) is 4. The van der Waals surface area contributed by atoms with Crippen molar-refractivity contribution in [2.24, 2.45) is 12.0 Å². The van der Waals surface area contributed by atoms with Gasteiger partial charge in [0.25, 0.3) is 0 Å². The van der Waals surface area contributed by atoms with Crippen LogP contribution in [-0.4, -0.2) is 33.8 Å². The van der Waals surface area contributed by atoms with E-state index in [4.69, 9.17) is 0 Å². The minimum absolute atomic E-state index is 0.467. The Morgan fingerprint density at radius 2 is 2.22 bits per heavy atom. The summed E-state index contributed by atoms with van der Waals surface area (Å²) in [5.74, 6) is 1.30. The molecule has 23 heavy (non-hydrogen) atoms. The van der Waals surface area contributed by atoms with Gasteiger partial charge in [0.15, 0.2) is 5.96 Å². The van der Waals surface area contributed by atoms with Crippen LogP contribution in [0.3, 0.4) is 0 Å². The summed E-state index contributed by atoms with van der Waals surface area (Å²) in [5.41, 5.74) is 2.37. The van der Waals surface area contributed by atoms with Gasteiger partial charge < -0.3 is 10.6 Å². The fraction of sp³-hybridized carbons (Fsp3) is 0.562. The van der Waals surface area contributed by atoms with Gasteiger partial charge in [-0.2, -0.15) is 5.10 Å². The second-order valence-electron chi connectivity index (χ2n) is 5.72. The standard InChI is InChI=1S/C16H26N6S/c1-5-17-16(18-7-6-13-8-20-22(4)10-13)19-9-15-21-14(11-23-15)12(2)3/h8,10-12H,5-7,9H2,1-4H3,(H2,17,18,19). The fourth-order valence-corrected chi connectivity index (χ4v) is 2.96. The minimum Gasteiger partial charge on any atom is -0.357 e. The summed E-state index contributed by atoms with van der Waals surface area (Å²) in [6, 6.07) is 0. The second kappa shape index (κ2) is 8.67. The number of hydrogen-bond donors (Lipinski definition) is 2. The molecule has 0 aliphatic rings. The van der Waals surface area contributed by atoms with Gasteiger partial charge in [0.2, 0.25) is 0 Å². The number of aromatic nitrogens is 3. The van der Waals surface area contributed by atoms with Gasteiger partial charge in [0, 0.05) is 31.7 Å². The fourth-order valence-electron chi connectivity index (χ4n) is 2.08. The highest BCUT2D eigenvalue weighted by atomic mass is 32.1. The van der Waals surface area contributed by atoms with E-state index in [-0.39, 0.29) is 0 Å². The maximum atomic E-state index is 4.62. The SMILES string of the molecule is CCNC(=NCc1nc(C(C)C)cs1)NCCc1cnn(C)c1. The topological polar surface area (TPSA) is 67.1 Å². The summed E-state index contributed by atoms with van der Waals surface area (Å²) in [5, 5.41) is 14.0. The molecule has 6 nitrogen and oxygen atoms in total. The van der Waals surface area contributed by atoms with Crippen LogP contribution in [0.25, 0.3) is 0 Å². The van der Waals surface area contributed by atoms with Gasteiger partial charge in [0.05, 0.1) is 18.4 Å². The molecule has 0 saturated carbocycles. The number of thiazole rings is 1. The van der Waals surface area contributed by atoms with E-state index >= 15 is 0 Å². The van der Waals surface area contributed by atoms with E-state index in [9.17, 15) is 0 Å². The predicted molar refractivity (Wildman–Crippen MR) is 95.9 cm³/mol. The van der Waals surface area contributed by atoms with Crippen LogP contribution in [-0.2, 0) is 20.0 Å². The van der Waals surface area contributed by atoms with E-state index in [1.807, 2.05) is 24.1 Å². The Hall–Kier alpha value is -1.89. The molecule has 2 aromatic heterocycles. The summed E-state index contributed by atoms with van der Waals surface area (Å²) in [7, 11) is 1.93. The third-order valence-electron chi connectivity index (χ3n) is 3.34. The molecule has 0 radical (unpaired) electrons. The lowest BCUT2D eigenvalue weighted by atomic mass is 10.2. The first kappa shape index (κ1) is 17.5. The van der Waals surface area contributed by atoms with Crippen molar-refractivity contribution in [2.75, 3.05) is 13.1 Å². The van der Waals surface area contributed by atoms with Crippen molar-refractivity contribution >= 4 is 17.3 Å². The molecule has 0 fully saturated rings. The summed E-state index contributed by atoms with van der Waals surface area (Å²) in [6.45, 7) is 8.66. The Bertz CT molecular complexity index is 628. The zero-order chi connectivity index (χ0) is 16.7. The average Bonchev–Trinajstić information content (AvgIpc) is 3.14. The Labute approximate surface area is 142 Å². The number of guanidine groups is 1. The first-order chi connectivity index (χ1) is 11.1. The first-order valence-corrected chi connectivity index (χ1v) is 8.90. The van der Waals surface area contributed by atoms with E-state index in [1.165, 1.54) is 5.56 Å². The highest BCUT2D eigenvalue weighted by Gasteiger charge is 2.05. The third-order valence-corrected chi connectivity index (χ3v) is 4.19. The molecule has 0 bridgehead atoms. The predicted octanol–water partition coefficient (Wildman–Crippen LogP) is 2.30. The maximum absolute atomic E-state index is 4.62. The zero-order valence-corrected chi connectivity index (χ0v) is 15.2. The van der Waals surface area contributed by atoms with Crippen LogP contribution in [0.2, 0.25) is 0 Å². The van der Waals surface area contributed by atoms with Gasteiger partial charge in [-0.15, -0.1) is 11.3 Å². The molecule has 126 valence electrons. The first-order valence-electron chi connectivity index (χ1n) is 8.02. The molecule has 7 heteroatoms. The van der Waals surface area contributed by atoms with Crippen LogP contribution in [0, 0.1) is 0 Å². The summed E-state index contributed by atoms with van der Waals surface area (Å²) in [4.78, 5) is 9.23. The lowest BCUT2D eigenvalue weighted by molar-refractivity contribution is 0.764. The largest absolute Gasteiger partial charge is 0.357 e. The Balaban J connectivity index is 1.85. The normalized spacial score (nSPS) is 12.0. The van der Waals surface area contributed by atoms with Gasteiger partial charge in [-0.25, -0.2) is 9.98 Å². The van der Waals surface area contributed by atoms with E-state index in [2.05, 4.69) is 51.9 Å². The Morgan fingerprint density at radius 3 is 2.83 bits per heavy atom. The molecule has 2 aromatic rings. The number of nitrogens with one attached hydrogen (secondary N) is 2. The number of aliphatic imine (C=N–C) groups is 1. The van der Waals surface area contributed by atoms with Gasteiger partial charge in [-0.05, 0) is 24.8 Å². The van der Waals surface area contributed by atoms with Crippen molar-refractivity contribution in [1.82, 2.24) is 25.4 Å². The van der Waals surface area contributed by atoms with Crippen LogP contribution >= 0.6 is 11.3 Å². The van der Waals surface area contributed by atoms with Crippen LogP contribution < -0.4 is 10.6 Å². The quantitative estimate of drug-likeness (QED) is 0.602. The molecule has 2 rings (SSSR count). The smallest absolute Gasteiger partial charge is 0.191 e. The van der Waals surface area contributed by atoms with Gasteiger partial charge >= 0.3 is 0 Å². The molecule has 0 saturated heterocycles. The van der Waals surface area contributed by atoms with Crippen molar-refractivity contribution in [3.63, 3.8) is 0 Å². The lowest BCUT2D eigenvalue weighted by Crippen LogP contribution is -2.38. The number of aryl methyl sites for hydroxylation is 1. The van der Waals surface area contributed by atoms with Crippen molar-refractivity contribution in [3.05, 3.63) is 34.0 Å². The van der Waals surface area contributed by atoms with Crippen molar-refractivity contribution < 1.29 is 0 Å². The summed E-state index contributed by atoms with van der Waals surface area (Å²) in [6.07, 6.45) is 4.86. The second-order valence-corrected chi connectivity index (χ2v) is 6.66. The Kier molecular flexibility index (Phi) is 6.58. The molecular weight excluding hydrogens is 308 g/mol. The average molecular weight is 334 g/mol. The highest BCUT2D eigenvalue weighted by Crippen LogP contribution is 2.18.